The average Bonchev–Trinajstić information content (AvgIpc) is 2.82. The number of aliphatic hydroxyl groups excluding tert-OH is 1. The third kappa shape index (κ3) is 1.42. The van der Waals surface area contributed by atoms with Crippen LogP contribution in [0, 0.1) is 34.0 Å². The molecule has 124 valence electrons. The predicted molar refractivity (Wildman–Crippen MR) is 86.4 cm³/mol. The number of hydrogen-bond acceptors (Lipinski definition) is 2. The maximum Gasteiger partial charge on any atom is 0.0950 e. The van der Waals surface area contributed by atoms with E-state index in [0.29, 0.717) is 28.3 Å². The molecular formula is C20H32O2. The van der Waals surface area contributed by atoms with Gasteiger partial charge in [-0.15, -0.1) is 0 Å². The van der Waals surface area contributed by atoms with Crippen molar-refractivity contribution in [2.45, 2.75) is 83.8 Å². The minimum absolute atomic E-state index is 0.144. The Hall–Kier alpha value is -0.0800. The zero-order valence-electron chi connectivity index (χ0n) is 14.5. The maximum absolute atomic E-state index is 10.0. The first-order valence-corrected chi connectivity index (χ1v) is 9.64. The van der Waals surface area contributed by atoms with Gasteiger partial charge in [0.25, 0.3) is 0 Å². The van der Waals surface area contributed by atoms with Crippen molar-refractivity contribution < 1.29 is 9.84 Å². The monoisotopic (exact) mass is 304 g/mol. The van der Waals surface area contributed by atoms with Crippen LogP contribution in [-0.2, 0) is 4.74 Å². The van der Waals surface area contributed by atoms with Crippen LogP contribution in [0.25, 0.3) is 0 Å². The second-order valence-electron chi connectivity index (χ2n) is 10.5. The highest BCUT2D eigenvalue weighted by atomic mass is 16.5. The van der Waals surface area contributed by atoms with E-state index in [1.165, 1.54) is 44.9 Å². The molecule has 2 saturated heterocycles. The Balaban J connectivity index is 1.59. The highest BCUT2D eigenvalue weighted by Gasteiger charge is 2.74. The van der Waals surface area contributed by atoms with E-state index in [2.05, 4.69) is 20.8 Å². The van der Waals surface area contributed by atoms with Crippen LogP contribution in [0.3, 0.4) is 0 Å². The standard InChI is InChI=1S/C20H32O2/c1-17(2)6-4-7-18(3)15(17)5-8-19-10-13-9-14(16(18)19)22-20(13,11-19)12-21/h13-16,21H,4-12H2,1-3H3. The molecule has 0 radical (unpaired) electrons. The molecule has 6 fully saturated rings. The van der Waals surface area contributed by atoms with Crippen molar-refractivity contribution in [1.29, 1.82) is 0 Å². The van der Waals surface area contributed by atoms with E-state index in [-0.39, 0.29) is 12.2 Å². The van der Waals surface area contributed by atoms with Crippen LogP contribution >= 0.6 is 0 Å². The molecule has 0 aromatic rings. The number of hydrogen-bond donors (Lipinski definition) is 1. The lowest BCUT2D eigenvalue weighted by atomic mass is 9.40. The number of aliphatic hydroxyl groups is 1. The van der Waals surface area contributed by atoms with E-state index in [4.69, 9.17) is 4.74 Å². The van der Waals surface area contributed by atoms with Crippen molar-refractivity contribution in [2.75, 3.05) is 6.61 Å². The van der Waals surface area contributed by atoms with Crippen LogP contribution in [0.2, 0.25) is 0 Å². The van der Waals surface area contributed by atoms with Gasteiger partial charge in [-0.1, -0.05) is 27.2 Å². The summed E-state index contributed by atoms with van der Waals surface area (Å²) in [5.74, 6) is 2.28. The Bertz CT molecular complexity index is 514. The summed E-state index contributed by atoms with van der Waals surface area (Å²) in [5, 5.41) is 10.0. The van der Waals surface area contributed by atoms with Gasteiger partial charge in [0.2, 0.25) is 0 Å². The second-order valence-corrected chi connectivity index (χ2v) is 10.5. The van der Waals surface area contributed by atoms with E-state index in [1.807, 2.05) is 0 Å². The van der Waals surface area contributed by atoms with Gasteiger partial charge >= 0.3 is 0 Å². The van der Waals surface area contributed by atoms with Crippen molar-refractivity contribution in [3.8, 4) is 0 Å². The zero-order valence-corrected chi connectivity index (χ0v) is 14.5. The Morgan fingerprint density at radius 1 is 1.14 bits per heavy atom. The lowest BCUT2D eigenvalue weighted by Gasteiger charge is -2.66. The number of rotatable bonds is 1. The summed E-state index contributed by atoms with van der Waals surface area (Å²) in [4.78, 5) is 0. The van der Waals surface area contributed by atoms with Crippen molar-refractivity contribution in [3.63, 3.8) is 0 Å². The minimum Gasteiger partial charge on any atom is -0.393 e. The van der Waals surface area contributed by atoms with Gasteiger partial charge in [-0.2, -0.15) is 0 Å². The van der Waals surface area contributed by atoms with Crippen molar-refractivity contribution in [2.24, 2.45) is 34.0 Å². The van der Waals surface area contributed by atoms with Gasteiger partial charge in [-0.25, -0.2) is 0 Å². The summed E-state index contributed by atoms with van der Waals surface area (Å²) in [5.41, 5.74) is 1.34. The first kappa shape index (κ1) is 14.3. The molecule has 7 unspecified atom stereocenters. The van der Waals surface area contributed by atoms with Crippen LogP contribution in [-0.4, -0.2) is 23.4 Å². The number of fused-ring (bicyclic) bond motifs is 1. The SMILES string of the molecule is CC1(C)CCCC2(C)C1CCC13CC4CC(OC4(CO)C1)C32. The summed E-state index contributed by atoms with van der Waals surface area (Å²) in [6.07, 6.45) is 11.2. The Kier molecular flexibility index (Phi) is 2.56. The molecule has 4 aliphatic carbocycles. The summed E-state index contributed by atoms with van der Waals surface area (Å²) in [7, 11) is 0. The maximum atomic E-state index is 10.0. The van der Waals surface area contributed by atoms with E-state index < -0.39 is 0 Å². The predicted octanol–water partition coefficient (Wildman–Crippen LogP) is 4.16. The summed E-state index contributed by atoms with van der Waals surface area (Å²) in [6, 6.07) is 0. The van der Waals surface area contributed by atoms with Crippen LogP contribution in [0.1, 0.15) is 72.1 Å². The Labute approximate surface area is 135 Å². The molecular weight excluding hydrogens is 272 g/mol. The van der Waals surface area contributed by atoms with Gasteiger partial charge in [0, 0.05) is 0 Å². The van der Waals surface area contributed by atoms with Gasteiger partial charge in [0.1, 0.15) is 0 Å². The van der Waals surface area contributed by atoms with Gasteiger partial charge in [0.05, 0.1) is 18.3 Å². The summed E-state index contributed by atoms with van der Waals surface area (Å²) in [6.45, 7) is 7.92. The molecule has 22 heavy (non-hydrogen) atoms. The van der Waals surface area contributed by atoms with E-state index in [0.717, 1.165) is 18.3 Å². The third-order valence-electron chi connectivity index (χ3n) is 9.17. The fourth-order valence-corrected chi connectivity index (χ4v) is 8.77. The first-order chi connectivity index (χ1) is 10.4. The molecule has 2 heterocycles. The van der Waals surface area contributed by atoms with E-state index >= 15 is 0 Å². The molecule has 1 spiro atoms. The minimum atomic E-state index is -0.144. The molecule has 2 nitrogen and oxygen atoms in total. The molecule has 7 atom stereocenters. The van der Waals surface area contributed by atoms with Crippen molar-refractivity contribution in [3.05, 3.63) is 0 Å². The van der Waals surface area contributed by atoms with Crippen LogP contribution in [0.4, 0.5) is 0 Å². The van der Waals surface area contributed by atoms with Crippen molar-refractivity contribution >= 4 is 0 Å². The topological polar surface area (TPSA) is 29.5 Å². The normalized spacial score (nSPS) is 61.1. The first-order valence-electron chi connectivity index (χ1n) is 9.64. The fourth-order valence-electron chi connectivity index (χ4n) is 8.77. The quantitative estimate of drug-likeness (QED) is 0.788. The smallest absolute Gasteiger partial charge is 0.0950 e. The van der Waals surface area contributed by atoms with E-state index in [1.54, 1.807) is 0 Å². The van der Waals surface area contributed by atoms with Gasteiger partial charge in [-0.05, 0) is 78.9 Å². The van der Waals surface area contributed by atoms with E-state index in [9.17, 15) is 5.11 Å². The summed E-state index contributed by atoms with van der Waals surface area (Å²) >= 11 is 0. The molecule has 0 amide bonds. The van der Waals surface area contributed by atoms with Gasteiger partial charge in [0.15, 0.2) is 0 Å². The molecule has 1 N–H and O–H groups in total. The van der Waals surface area contributed by atoms with Crippen LogP contribution < -0.4 is 0 Å². The summed E-state index contributed by atoms with van der Waals surface area (Å²) < 4.78 is 6.58. The average molecular weight is 304 g/mol. The highest BCUT2D eigenvalue weighted by molar-refractivity contribution is 5.23. The fraction of sp³-hybridized carbons (Fsp3) is 1.00. The van der Waals surface area contributed by atoms with Gasteiger partial charge < -0.3 is 9.84 Å². The largest absolute Gasteiger partial charge is 0.393 e. The van der Waals surface area contributed by atoms with Gasteiger partial charge in [-0.3, -0.25) is 0 Å². The zero-order chi connectivity index (χ0) is 15.4. The molecule has 2 heteroatoms. The molecule has 6 aliphatic rings. The molecule has 4 bridgehead atoms. The highest BCUT2D eigenvalue weighted by Crippen LogP contribution is 2.76. The Morgan fingerprint density at radius 2 is 1.95 bits per heavy atom. The second kappa shape index (κ2) is 3.94. The molecule has 0 aromatic carbocycles. The molecule has 2 aliphatic heterocycles. The lowest BCUT2D eigenvalue weighted by molar-refractivity contribution is -0.233. The van der Waals surface area contributed by atoms with Crippen LogP contribution in [0.15, 0.2) is 0 Å². The molecule has 0 aromatic heterocycles. The lowest BCUT2D eigenvalue weighted by Crippen LogP contribution is -2.61. The van der Waals surface area contributed by atoms with Crippen LogP contribution in [0.5, 0.6) is 0 Å². The number of ether oxygens (including phenoxy) is 1. The third-order valence-corrected chi connectivity index (χ3v) is 9.17. The molecule has 6 rings (SSSR count). The molecule has 4 saturated carbocycles. The van der Waals surface area contributed by atoms with Crippen molar-refractivity contribution in [1.82, 2.24) is 0 Å². The Morgan fingerprint density at radius 3 is 2.68 bits per heavy atom.